The maximum atomic E-state index is 11.2. The average molecular weight is 245 g/mol. The summed E-state index contributed by atoms with van der Waals surface area (Å²) < 4.78 is 27.7. The normalized spacial score (nSPS) is 11.3. The zero-order chi connectivity index (χ0) is 12.0. The van der Waals surface area contributed by atoms with Gasteiger partial charge in [-0.25, -0.2) is 8.42 Å². The molecule has 5 nitrogen and oxygen atoms in total. The van der Waals surface area contributed by atoms with Crippen LogP contribution in [0.25, 0.3) is 0 Å². The summed E-state index contributed by atoms with van der Waals surface area (Å²) in [6.07, 6.45) is 0. The van der Waals surface area contributed by atoms with E-state index >= 15 is 0 Å². The van der Waals surface area contributed by atoms with E-state index in [2.05, 4.69) is 0 Å². The summed E-state index contributed by atoms with van der Waals surface area (Å²) in [5.41, 5.74) is 6.11. The molecular weight excluding hydrogens is 230 g/mol. The molecule has 0 radical (unpaired) electrons. The van der Waals surface area contributed by atoms with E-state index in [0.29, 0.717) is 11.4 Å². The standard InChI is InChI=1S/C10H15NO4S/c11-9-1-3-10(4-2-9)15-6-8-16(13,14)7-5-12/h1-4,12H,5-8,11H2. The van der Waals surface area contributed by atoms with E-state index < -0.39 is 9.84 Å². The van der Waals surface area contributed by atoms with Crippen LogP contribution in [0.5, 0.6) is 5.75 Å². The lowest BCUT2D eigenvalue weighted by atomic mass is 10.3. The number of benzene rings is 1. The number of aliphatic hydroxyl groups excluding tert-OH is 1. The molecule has 0 amide bonds. The third-order valence-corrected chi connectivity index (χ3v) is 3.54. The highest BCUT2D eigenvalue weighted by molar-refractivity contribution is 7.91. The number of hydrogen-bond acceptors (Lipinski definition) is 5. The lowest BCUT2D eigenvalue weighted by Gasteiger charge is -2.06. The minimum absolute atomic E-state index is 0.0756. The van der Waals surface area contributed by atoms with Crippen LogP contribution in [0.15, 0.2) is 24.3 Å². The maximum absolute atomic E-state index is 11.2. The number of anilines is 1. The highest BCUT2D eigenvalue weighted by Gasteiger charge is 2.09. The van der Waals surface area contributed by atoms with E-state index in [0.717, 1.165) is 0 Å². The largest absolute Gasteiger partial charge is 0.493 e. The predicted octanol–water partition coefficient (Wildman–Crippen LogP) is 0.0547. The summed E-state index contributed by atoms with van der Waals surface area (Å²) in [5, 5.41) is 8.51. The van der Waals surface area contributed by atoms with Crippen LogP contribution in [-0.2, 0) is 9.84 Å². The van der Waals surface area contributed by atoms with Gasteiger partial charge in [0.15, 0.2) is 9.84 Å². The summed E-state index contributed by atoms with van der Waals surface area (Å²) in [5.74, 6) is 0.254. The first-order valence-electron chi connectivity index (χ1n) is 4.83. The Morgan fingerprint density at radius 1 is 1.19 bits per heavy atom. The summed E-state index contributed by atoms with van der Waals surface area (Å²) in [4.78, 5) is 0. The van der Waals surface area contributed by atoms with E-state index in [1.807, 2.05) is 0 Å². The van der Waals surface area contributed by atoms with Gasteiger partial charge in [0.1, 0.15) is 12.4 Å². The quantitative estimate of drug-likeness (QED) is 0.691. The minimum atomic E-state index is -3.21. The summed E-state index contributed by atoms with van der Waals surface area (Å²) in [6, 6.07) is 6.71. The molecule has 6 heteroatoms. The first-order chi connectivity index (χ1) is 7.53. The van der Waals surface area contributed by atoms with Crippen molar-refractivity contribution in [2.45, 2.75) is 0 Å². The van der Waals surface area contributed by atoms with Crippen LogP contribution in [0.4, 0.5) is 5.69 Å². The van der Waals surface area contributed by atoms with Gasteiger partial charge < -0.3 is 15.6 Å². The SMILES string of the molecule is Nc1ccc(OCCS(=O)(=O)CCO)cc1. The Morgan fingerprint density at radius 2 is 1.81 bits per heavy atom. The Labute approximate surface area is 94.8 Å². The van der Waals surface area contributed by atoms with Gasteiger partial charge in [0.25, 0.3) is 0 Å². The molecule has 0 aliphatic heterocycles. The number of nitrogens with two attached hydrogens (primary N) is 1. The fourth-order valence-electron chi connectivity index (χ4n) is 1.09. The van der Waals surface area contributed by atoms with E-state index in [4.69, 9.17) is 15.6 Å². The van der Waals surface area contributed by atoms with Gasteiger partial charge in [-0.15, -0.1) is 0 Å². The number of sulfone groups is 1. The van der Waals surface area contributed by atoms with Gasteiger partial charge in [-0.3, -0.25) is 0 Å². The monoisotopic (exact) mass is 245 g/mol. The molecule has 0 unspecified atom stereocenters. The Morgan fingerprint density at radius 3 is 2.38 bits per heavy atom. The van der Waals surface area contributed by atoms with E-state index in [1.165, 1.54) is 0 Å². The molecule has 0 saturated heterocycles. The van der Waals surface area contributed by atoms with Crippen LogP contribution in [-0.4, -0.2) is 38.2 Å². The summed E-state index contributed by atoms with van der Waals surface area (Å²) in [6.45, 7) is -0.281. The van der Waals surface area contributed by atoms with Crippen molar-refractivity contribution < 1.29 is 18.3 Å². The van der Waals surface area contributed by atoms with E-state index in [-0.39, 0.29) is 24.7 Å². The van der Waals surface area contributed by atoms with Gasteiger partial charge in [0, 0.05) is 5.69 Å². The molecule has 0 heterocycles. The fraction of sp³-hybridized carbons (Fsp3) is 0.400. The number of hydrogen-bond donors (Lipinski definition) is 2. The second kappa shape index (κ2) is 5.72. The van der Waals surface area contributed by atoms with E-state index in [9.17, 15) is 8.42 Å². The first kappa shape index (κ1) is 12.8. The Bertz CT molecular complexity index is 413. The zero-order valence-electron chi connectivity index (χ0n) is 8.80. The molecule has 3 N–H and O–H groups in total. The van der Waals surface area contributed by atoms with Crippen molar-refractivity contribution in [1.82, 2.24) is 0 Å². The van der Waals surface area contributed by atoms with E-state index in [1.54, 1.807) is 24.3 Å². The molecule has 1 rings (SSSR count). The third kappa shape index (κ3) is 4.50. The molecule has 0 atom stereocenters. The molecule has 0 fully saturated rings. The van der Waals surface area contributed by atoms with Gasteiger partial charge in [-0.1, -0.05) is 0 Å². The smallest absolute Gasteiger partial charge is 0.155 e. The molecule has 0 saturated carbocycles. The van der Waals surface area contributed by atoms with Crippen LogP contribution >= 0.6 is 0 Å². The molecule has 1 aromatic rings. The molecule has 0 aliphatic carbocycles. The number of nitrogen functional groups attached to an aromatic ring is 1. The third-order valence-electron chi connectivity index (χ3n) is 1.95. The van der Waals surface area contributed by atoms with Crippen molar-refractivity contribution in [3.05, 3.63) is 24.3 Å². The van der Waals surface area contributed by atoms with Gasteiger partial charge in [0.2, 0.25) is 0 Å². The lowest BCUT2D eigenvalue weighted by Crippen LogP contribution is -2.18. The van der Waals surface area contributed by atoms with Gasteiger partial charge in [-0.2, -0.15) is 0 Å². The molecule has 90 valence electrons. The van der Waals surface area contributed by atoms with Gasteiger partial charge in [0.05, 0.1) is 18.1 Å². The molecule has 0 bridgehead atoms. The van der Waals surface area contributed by atoms with Crippen molar-refractivity contribution in [3.63, 3.8) is 0 Å². The van der Waals surface area contributed by atoms with Crippen molar-refractivity contribution >= 4 is 15.5 Å². The van der Waals surface area contributed by atoms with Crippen LogP contribution in [0.1, 0.15) is 0 Å². The summed E-state index contributed by atoms with van der Waals surface area (Å²) >= 11 is 0. The number of rotatable bonds is 6. The van der Waals surface area contributed by atoms with Crippen molar-refractivity contribution in [3.8, 4) is 5.75 Å². The Balaban J connectivity index is 2.39. The lowest BCUT2D eigenvalue weighted by molar-refractivity contribution is 0.317. The maximum Gasteiger partial charge on any atom is 0.155 e. The van der Waals surface area contributed by atoms with Crippen LogP contribution in [0.2, 0.25) is 0 Å². The minimum Gasteiger partial charge on any atom is -0.493 e. The molecule has 0 spiro atoms. The second-order valence-electron chi connectivity index (χ2n) is 3.29. The predicted molar refractivity (Wildman–Crippen MR) is 62.1 cm³/mol. The van der Waals surface area contributed by atoms with Crippen LogP contribution < -0.4 is 10.5 Å². The number of aliphatic hydroxyl groups is 1. The molecular formula is C10H15NO4S. The second-order valence-corrected chi connectivity index (χ2v) is 5.60. The average Bonchev–Trinajstić information content (AvgIpc) is 2.20. The van der Waals surface area contributed by atoms with Crippen molar-refractivity contribution in [1.29, 1.82) is 0 Å². The van der Waals surface area contributed by atoms with Crippen molar-refractivity contribution in [2.24, 2.45) is 0 Å². The highest BCUT2D eigenvalue weighted by Crippen LogP contribution is 2.12. The Hall–Kier alpha value is -1.27. The zero-order valence-corrected chi connectivity index (χ0v) is 9.61. The van der Waals surface area contributed by atoms with Gasteiger partial charge >= 0.3 is 0 Å². The van der Waals surface area contributed by atoms with Crippen molar-refractivity contribution in [2.75, 3.05) is 30.5 Å². The molecule has 16 heavy (non-hydrogen) atoms. The highest BCUT2D eigenvalue weighted by atomic mass is 32.2. The summed E-state index contributed by atoms with van der Waals surface area (Å²) in [7, 11) is -3.21. The van der Waals surface area contributed by atoms with Crippen LogP contribution in [0, 0.1) is 0 Å². The molecule has 0 aromatic heterocycles. The molecule has 1 aromatic carbocycles. The van der Waals surface area contributed by atoms with Crippen LogP contribution in [0.3, 0.4) is 0 Å². The topological polar surface area (TPSA) is 89.6 Å². The molecule has 0 aliphatic rings. The first-order valence-corrected chi connectivity index (χ1v) is 6.65. The Kier molecular flexibility index (Phi) is 4.57. The van der Waals surface area contributed by atoms with Gasteiger partial charge in [-0.05, 0) is 24.3 Å². The number of ether oxygens (including phenoxy) is 1. The fourth-order valence-corrected chi connectivity index (χ4v) is 1.91.